The average molecular weight is 497 g/mol. The van der Waals surface area contributed by atoms with Gasteiger partial charge in [0.25, 0.3) is 0 Å². The number of thiazole rings is 2. The zero-order chi connectivity index (χ0) is 23.0. The highest BCUT2D eigenvalue weighted by molar-refractivity contribution is 7.38. The van der Waals surface area contributed by atoms with Gasteiger partial charge >= 0.3 is 12.1 Å². The predicted octanol–water partition coefficient (Wildman–Crippen LogP) is 4.78. The van der Waals surface area contributed by atoms with Crippen LogP contribution in [0.4, 0.5) is 10.5 Å². The zero-order valence-corrected chi connectivity index (χ0v) is 19.7. The van der Waals surface area contributed by atoms with Gasteiger partial charge < -0.3 is 9.84 Å². The van der Waals surface area contributed by atoms with Gasteiger partial charge in [0.05, 0.1) is 11.4 Å². The van der Waals surface area contributed by atoms with Crippen molar-refractivity contribution in [2.75, 3.05) is 5.32 Å². The van der Waals surface area contributed by atoms with Gasteiger partial charge in [0.1, 0.15) is 25.9 Å². The van der Waals surface area contributed by atoms with E-state index in [1.807, 2.05) is 30.3 Å². The summed E-state index contributed by atoms with van der Waals surface area (Å²) in [6, 6.07) is 9.42. The smallest absolute Gasteiger partial charge is 0.412 e. The van der Waals surface area contributed by atoms with E-state index in [1.54, 1.807) is 6.92 Å². The molecule has 3 heterocycles. The summed E-state index contributed by atoms with van der Waals surface area (Å²) < 4.78 is 10.4. The van der Waals surface area contributed by atoms with E-state index in [-0.39, 0.29) is 6.61 Å². The molecule has 33 heavy (non-hydrogen) atoms. The largest absolute Gasteiger partial charge is 0.481 e. The second kappa shape index (κ2) is 8.55. The molecule has 0 radical (unpaired) electrons. The third-order valence-electron chi connectivity index (χ3n) is 5.13. The second-order valence-electron chi connectivity index (χ2n) is 7.45. The first-order chi connectivity index (χ1) is 15.9. The van der Waals surface area contributed by atoms with Crippen molar-refractivity contribution in [2.24, 2.45) is 0 Å². The standard InChI is InChI=1S/C22H16N4O4S3/c1-12-16(24-21(29)30-11-13-5-3-2-4-6-13)14(33-26-12)7-8-15-23-17-18(31-15)32-19(25-17)22(9-10-22)20(27)28/h2-6H,9-11H2,1H3,(H,24,29)(H,27,28). The molecule has 0 saturated heterocycles. The number of carbonyl (C=O) groups excluding carboxylic acids is 1. The number of hydrogen-bond donors (Lipinski definition) is 2. The number of nitrogens with zero attached hydrogens (tertiary/aromatic N) is 3. The summed E-state index contributed by atoms with van der Waals surface area (Å²) in [6.45, 7) is 1.95. The molecular formula is C22H16N4O4S3. The Morgan fingerprint density at radius 3 is 2.67 bits per heavy atom. The zero-order valence-electron chi connectivity index (χ0n) is 17.2. The van der Waals surface area contributed by atoms with Crippen LogP contribution in [-0.4, -0.2) is 31.5 Å². The number of fused-ring (bicyclic) bond motifs is 1. The minimum Gasteiger partial charge on any atom is -0.481 e. The van der Waals surface area contributed by atoms with E-state index in [0.717, 1.165) is 9.58 Å². The molecule has 0 bridgehead atoms. The van der Waals surface area contributed by atoms with Gasteiger partial charge in [-0.05, 0) is 48.7 Å². The molecular weight excluding hydrogens is 480 g/mol. The van der Waals surface area contributed by atoms with E-state index in [9.17, 15) is 14.7 Å². The Labute approximate surface area is 200 Å². The van der Waals surface area contributed by atoms with Crippen LogP contribution in [0.3, 0.4) is 0 Å². The Morgan fingerprint density at radius 2 is 1.97 bits per heavy atom. The molecule has 2 N–H and O–H groups in total. The lowest BCUT2D eigenvalue weighted by atomic mass is 10.1. The van der Waals surface area contributed by atoms with E-state index in [4.69, 9.17) is 4.74 Å². The molecule has 0 spiro atoms. The summed E-state index contributed by atoms with van der Waals surface area (Å²) in [7, 11) is 0. The normalized spacial score (nSPS) is 13.8. The highest BCUT2D eigenvalue weighted by atomic mass is 32.2. The van der Waals surface area contributed by atoms with Crippen LogP contribution in [0.5, 0.6) is 0 Å². The molecule has 1 amide bonds. The number of ether oxygens (including phenoxy) is 1. The van der Waals surface area contributed by atoms with Crippen molar-refractivity contribution in [1.82, 2.24) is 14.3 Å². The topological polar surface area (TPSA) is 114 Å². The Bertz CT molecular complexity index is 1390. The van der Waals surface area contributed by atoms with Crippen LogP contribution >= 0.6 is 34.2 Å². The quantitative estimate of drug-likeness (QED) is 0.382. The third kappa shape index (κ3) is 4.32. The highest BCUT2D eigenvalue weighted by Gasteiger charge is 2.54. The van der Waals surface area contributed by atoms with Crippen LogP contribution in [0.2, 0.25) is 0 Å². The molecule has 3 aromatic heterocycles. The lowest BCUT2D eigenvalue weighted by molar-refractivity contribution is -0.140. The van der Waals surface area contributed by atoms with Crippen molar-refractivity contribution in [3.05, 3.63) is 56.5 Å². The van der Waals surface area contributed by atoms with Crippen molar-refractivity contribution in [1.29, 1.82) is 0 Å². The van der Waals surface area contributed by atoms with Crippen LogP contribution in [0, 0.1) is 18.8 Å². The number of nitrogens with one attached hydrogen (secondary N) is 1. The summed E-state index contributed by atoms with van der Waals surface area (Å²) in [4.78, 5) is 33.2. The summed E-state index contributed by atoms with van der Waals surface area (Å²) >= 11 is 3.93. The highest BCUT2D eigenvalue weighted by Crippen LogP contribution is 2.51. The van der Waals surface area contributed by atoms with Crippen LogP contribution in [-0.2, 0) is 21.6 Å². The number of carbonyl (C=O) groups is 2. The molecule has 11 heteroatoms. The first kappa shape index (κ1) is 21.5. The lowest BCUT2D eigenvalue weighted by Gasteiger charge is -2.06. The summed E-state index contributed by atoms with van der Waals surface area (Å²) in [5.74, 6) is 5.20. The van der Waals surface area contributed by atoms with Gasteiger partial charge in [-0.1, -0.05) is 41.7 Å². The summed E-state index contributed by atoms with van der Waals surface area (Å²) in [5.41, 5.74) is 1.76. The summed E-state index contributed by atoms with van der Waals surface area (Å²) in [6.07, 6.45) is 0.651. The number of aryl methyl sites for hydroxylation is 1. The maximum atomic E-state index is 12.2. The number of aromatic nitrogens is 3. The van der Waals surface area contributed by atoms with Crippen molar-refractivity contribution in [3.8, 4) is 11.8 Å². The first-order valence-corrected chi connectivity index (χ1v) is 12.3. The number of carboxylic acid groups (broad SMARTS) is 1. The third-order valence-corrected chi connectivity index (χ3v) is 8.28. The van der Waals surface area contributed by atoms with Gasteiger partial charge in [0.15, 0.2) is 10.7 Å². The Balaban J connectivity index is 1.29. The fourth-order valence-corrected chi connectivity index (χ4v) is 6.03. The molecule has 5 rings (SSSR count). The molecule has 166 valence electrons. The molecule has 0 atom stereocenters. The fraction of sp³-hybridized carbons (Fsp3) is 0.227. The minimum absolute atomic E-state index is 0.165. The van der Waals surface area contributed by atoms with Gasteiger partial charge in [-0.2, -0.15) is 4.37 Å². The average Bonchev–Trinajstić information content (AvgIpc) is 3.24. The maximum Gasteiger partial charge on any atom is 0.412 e. The number of hydrogen-bond acceptors (Lipinski definition) is 9. The molecule has 1 aliphatic rings. The number of carboxylic acids is 1. The van der Waals surface area contributed by atoms with Crippen LogP contribution < -0.4 is 5.32 Å². The van der Waals surface area contributed by atoms with Crippen LogP contribution in [0.1, 0.15) is 39.0 Å². The molecule has 4 aromatic rings. The van der Waals surface area contributed by atoms with Gasteiger partial charge in [0, 0.05) is 0 Å². The van der Waals surface area contributed by atoms with E-state index < -0.39 is 17.5 Å². The van der Waals surface area contributed by atoms with Crippen LogP contribution in [0.25, 0.3) is 9.66 Å². The van der Waals surface area contributed by atoms with Gasteiger partial charge in [-0.15, -0.1) is 11.3 Å². The maximum absolute atomic E-state index is 12.2. The van der Waals surface area contributed by atoms with E-state index in [1.165, 1.54) is 34.2 Å². The van der Waals surface area contributed by atoms with E-state index in [2.05, 4.69) is 31.5 Å². The summed E-state index contributed by atoms with van der Waals surface area (Å²) in [5, 5.41) is 13.4. The molecule has 1 saturated carbocycles. The first-order valence-electron chi connectivity index (χ1n) is 9.92. The van der Waals surface area contributed by atoms with Gasteiger partial charge in [0.2, 0.25) is 0 Å². The van der Waals surface area contributed by atoms with Crippen molar-refractivity contribution in [2.45, 2.75) is 31.8 Å². The number of benzene rings is 1. The molecule has 0 aliphatic heterocycles. The molecule has 1 fully saturated rings. The number of aliphatic carboxylic acids is 1. The van der Waals surface area contributed by atoms with Gasteiger partial charge in [-0.3, -0.25) is 10.1 Å². The van der Waals surface area contributed by atoms with Crippen molar-refractivity contribution >= 4 is 61.6 Å². The SMILES string of the molecule is Cc1nsc(C#Cc2nc3nc(C4(C(=O)O)CC4)sc3s2)c1NC(=O)OCc1ccccc1. The molecule has 1 aliphatic carbocycles. The predicted molar refractivity (Wildman–Crippen MR) is 127 cm³/mol. The van der Waals surface area contributed by atoms with Crippen molar-refractivity contribution < 1.29 is 19.4 Å². The molecule has 0 unspecified atom stereocenters. The monoisotopic (exact) mass is 496 g/mol. The van der Waals surface area contributed by atoms with Gasteiger partial charge in [-0.25, -0.2) is 14.8 Å². The minimum atomic E-state index is -0.827. The van der Waals surface area contributed by atoms with E-state index in [0.29, 0.717) is 44.8 Å². The number of anilines is 1. The second-order valence-corrected chi connectivity index (χ2v) is 10.5. The lowest BCUT2D eigenvalue weighted by Crippen LogP contribution is -2.18. The Kier molecular flexibility index (Phi) is 5.57. The number of rotatable bonds is 5. The Morgan fingerprint density at radius 1 is 1.18 bits per heavy atom. The molecule has 8 nitrogen and oxygen atoms in total. The van der Waals surface area contributed by atoms with Crippen LogP contribution in [0.15, 0.2) is 30.3 Å². The van der Waals surface area contributed by atoms with Crippen molar-refractivity contribution in [3.63, 3.8) is 0 Å². The molecule has 1 aromatic carbocycles. The van der Waals surface area contributed by atoms with E-state index >= 15 is 0 Å². The Hall–Kier alpha value is -3.33. The fourth-order valence-electron chi connectivity index (χ4n) is 3.12. The number of amides is 1.